The number of rotatable bonds is 10. The molecule has 0 aliphatic carbocycles. The molecule has 0 heterocycles. The summed E-state index contributed by atoms with van der Waals surface area (Å²) in [7, 11) is 4.12. The van der Waals surface area contributed by atoms with E-state index in [0.29, 0.717) is 33.4 Å². The summed E-state index contributed by atoms with van der Waals surface area (Å²) >= 11 is 0. The van der Waals surface area contributed by atoms with E-state index in [1.807, 2.05) is 19.9 Å². The summed E-state index contributed by atoms with van der Waals surface area (Å²) in [5.74, 6) is -0.284. The van der Waals surface area contributed by atoms with Gasteiger partial charge < -0.3 is 19.2 Å². The lowest BCUT2D eigenvalue weighted by atomic mass is 10.1. The molecule has 0 radical (unpaired) electrons. The molecular formula is C22H40I2N4O2. The van der Waals surface area contributed by atoms with E-state index < -0.39 is 0 Å². The van der Waals surface area contributed by atoms with Gasteiger partial charge in [-0.25, -0.2) is 0 Å². The largest absolute Gasteiger partial charge is 0.858 e. The molecule has 0 spiro atoms. The maximum atomic E-state index is 12.5. The van der Waals surface area contributed by atoms with Gasteiger partial charge in [-0.3, -0.25) is 9.98 Å². The van der Waals surface area contributed by atoms with E-state index in [4.69, 9.17) is 0 Å². The van der Waals surface area contributed by atoms with Crippen LogP contribution in [0, 0.1) is 13.8 Å². The van der Waals surface area contributed by atoms with Gasteiger partial charge in [0.25, 0.3) is 0 Å². The number of hydrogen-bond acceptors (Lipinski definition) is 4. The Balaban J connectivity index is 0. The maximum absolute atomic E-state index is 12.5. The zero-order valence-electron chi connectivity index (χ0n) is 19.8. The molecular weight excluding hydrogens is 606 g/mol. The molecule has 0 saturated carbocycles. The number of aliphatic imine (C=N–C) groups is 2. The number of nitrogens with zero attached hydrogens (tertiary/aromatic N) is 4. The second-order valence-electron chi connectivity index (χ2n) is 8.26. The first-order chi connectivity index (χ1) is 13.0. The number of quaternary nitrogens is 2. The molecule has 1 aromatic rings. The minimum atomic E-state index is -0.142. The SMILES string of the molecule is CC[N+](C)(CC)CC([O-])=Nc1cc(N=C([O-])C[N+](C)(CC)CC)c(C)cc1C.I.I. The summed E-state index contributed by atoms with van der Waals surface area (Å²) in [4.78, 5) is 8.65. The molecule has 6 nitrogen and oxygen atoms in total. The van der Waals surface area contributed by atoms with Gasteiger partial charge in [-0.05, 0) is 58.7 Å². The van der Waals surface area contributed by atoms with Crippen molar-refractivity contribution in [3.8, 4) is 0 Å². The Morgan fingerprint density at radius 3 is 1.27 bits per heavy atom. The Kier molecular flexibility index (Phi) is 14.6. The standard InChI is InChI=1S/C22H38N4O2.2HI/c1-9-25(7,10-2)15-21(27)23-19-14-20(18(6)13-17(19)5)24-22(28)16-26(8,11-3)12-4;;/h13-14H,9-12,15-16H2,1-8H3;2*1H. The van der Waals surface area contributed by atoms with Crippen LogP contribution in [0.1, 0.15) is 38.8 Å². The highest BCUT2D eigenvalue weighted by atomic mass is 127. The van der Waals surface area contributed by atoms with Crippen LogP contribution >= 0.6 is 48.0 Å². The van der Waals surface area contributed by atoms with Gasteiger partial charge in [-0.15, -0.1) is 48.0 Å². The van der Waals surface area contributed by atoms with Crippen LogP contribution in [0.4, 0.5) is 11.4 Å². The van der Waals surface area contributed by atoms with Crippen molar-refractivity contribution in [1.29, 1.82) is 0 Å². The van der Waals surface area contributed by atoms with Crippen molar-refractivity contribution < 1.29 is 19.2 Å². The van der Waals surface area contributed by atoms with E-state index in [2.05, 4.69) is 51.8 Å². The monoisotopic (exact) mass is 646 g/mol. The van der Waals surface area contributed by atoms with Crippen LogP contribution in [0.3, 0.4) is 0 Å². The van der Waals surface area contributed by atoms with Crippen molar-refractivity contribution in [3.05, 3.63) is 23.3 Å². The lowest BCUT2D eigenvalue weighted by molar-refractivity contribution is -0.899. The van der Waals surface area contributed by atoms with E-state index in [0.717, 1.165) is 37.3 Å². The summed E-state index contributed by atoms with van der Waals surface area (Å²) in [5.41, 5.74) is 3.04. The lowest BCUT2D eigenvalue weighted by Crippen LogP contribution is -2.50. The zero-order valence-corrected chi connectivity index (χ0v) is 24.5. The summed E-state index contributed by atoms with van der Waals surface area (Å²) in [6.07, 6.45) is 0. The molecule has 0 fully saturated rings. The molecule has 30 heavy (non-hydrogen) atoms. The summed E-state index contributed by atoms with van der Waals surface area (Å²) in [5, 5.41) is 25.0. The lowest BCUT2D eigenvalue weighted by Gasteiger charge is -2.34. The highest BCUT2D eigenvalue weighted by molar-refractivity contribution is 14.0. The molecule has 0 atom stereocenters. The number of hydrogen-bond donors (Lipinski definition) is 0. The van der Waals surface area contributed by atoms with Crippen molar-refractivity contribution in [2.24, 2.45) is 9.98 Å². The van der Waals surface area contributed by atoms with Crippen LogP contribution in [0.25, 0.3) is 0 Å². The minimum Gasteiger partial charge on any atom is -0.858 e. The minimum absolute atomic E-state index is 0. The molecule has 8 heteroatoms. The van der Waals surface area contributed by atoms with Gasteiger partial charge in [0.15, 0.2) is 0 Å². The predicted molar refractivity (Wildman–Crippen MR) is 145 cm³/mol. The van der Waals surface area contributed by atoms with Crippen molar-refractivity contribution >= 4 is 71.1 Å². The third-order valence-electron chi connectivity index (χ3n) is 6.09. The van der Waals surface area contributed by atoms with Gasteiger partial charge in [0.1, 0.15) is 13.1 Å². The first kappa shape index (κ1) is 31.7. The fraction of sp³-hybridized carbons (Fsp3) is 0.636. The molecule has 0 unspecified atom stereocenters. The third kappa shape index (κ3) is 9.35. The highest BCUT2D eigenvalue weighted by Gasteiger charge is 2.17. The normalized spacial score (nSPS) is 12.9. The van der Waals surface area contributed by atoms with Crippen molar-refractivity contribution in [3.63, 3.8) is 0 Å². The van der Waals surface area contributed by atoms with Gasteiger partial charge >= 0.3 is 0 Å². The summed E-state index contributed by atoms with van der Waals surface area (Å²) in [6.45, 7) is 16.4. The smallest absolute Gasteiger partial charge is 0.107 e. The highest BCUT2D eigenvalue weighted by Crippen LogP contribution is 2.29. The van der Waals surface area contributed by atoms with E-state index in [1.165, 1.54) is 0 Å². The Morgan fingerprint density at radius 2 is 1.00 bits per heavy atom. The van der Waals surface area contributed by atoms with Gasteiger partial charge in [-0.1, -0.05) is 6.07 Å². The predicted octanol–water partition coefficient (Wildman–Crippen LogP) is 3.29. The van der Waals surface area contributed by atoms with Gasteiger partial charge in [0, 0.05) is 11.8 Å². The average molecular weight is 646 g/mol. The molecule has 0 N–H and O–H groups in total. The maximum Gasteiger partial charge on any atom is 0.107 e. The quantitative estimate of drug-likeness (QED) is 0.170. The number of aryl methyl sites for hydroxylation is 2. The second kappa shape index (κ2) is 13.8. The molecule has 0 saturated heterocycles. The van der Waals surface area contributed by atoms with Crippen LogP contribution in [0.15, 0.2) is 22.1 Å². The molecule has 1 aromatic carbocycles. The van der Waals surface area contributed by atoms with E-state index in [9.17, 15) is 10.2 Å². The van der Waals surface area contributed by atoms with E-state index in [1.54, 1.807) is 6.07 Å². The topological polar surface area (TPSA) is 70.8 Å². The summed E-state index contributed by atoms with van der Waals surface area (Å²) in [6, 6.07) is 3.71. The van der Waals surface area contributed by atoms with Crippen molar-refractivity contribution in [2.75, 3.05) is 53.4 Å². The van der Waals surface area contributed by atoms with Crippen molar-refractivity contribution in [2.45, 2.75) is 41.5 Å². The van der Waals surface area contributed by atoms with Crippen LogP contribution in [-0.2, 0) is 0 Å². The van der Waals surface area contributed by atoms with Gasteiger partial charge in [-0.2, -0.15) is 0 Å². The second-order valence-corrected chi connectivity index (χ2v) is 8.26. The molecule has 0 aliphatic rings. The fourth-order valence-corrected chi connectivity index (χ4v) is 2.96. The van der Waals surface area contributed by atoms with Gasteiger partial charge in [0.2, 0.25) is 0 Å². The molecule has 174 valence electrons. The van der Waals surface area contributed by atoms with Crippen LogP contribution in [0.2, 0.25) is 0 Å². The number of benzene rings is 1. The fourth-order valence-electron chi connectivity index (χ4n) is 2.96. The Bertz CT molecular complexity index is 671. The molecule has 0 aliphatic heterocycles. The molecule has 1 rings (SSSR count). The van der Waals surface area contributed by atoms with E-state index >= 15 is 0 Å². The number of likely N-dealkylation sites (N-methyl/N-ethyl adjacent to an activating group) is 2. The van der Waals surface area contributed by atoms with Gasteiger partial charge in [0.05, 0.1) is 51.6 Å². The van der Waals surface area contributed by atoms with Crippen LogP contribution in [0.5, 0.6) is 0 Å². The van der Waals surface area contributed by atoms with Crippen LogP contribution < -0.4 is 10.2 Å². The Morgan fingerprint density at radius 1 is 0.700 bits per heavy atom. The first-order valence-electron chi connectivity index (χ1n) is 10.3. The van der Waals surface area contributed by atoms with Crippen molar-refractivity contribution in [1.82, 2.24) is 0 Å². The van der Waals surface area contributed by atoms with Crippen LogP contribution in [-0.4, -0.2) is 74.1 Å². The average Bonchev–Trinajstić information content (AvgIpc) is 2.65. The summed E-state index contributed by atoms with van der Waals surface area (Å²) < 4.78 is 1.32. The number of halogens is 2. The molecule has 0 aromatic heterocycles. The Labute approximate surface area is 217 Å². The third-order valence-corrected chi connectivity index (χ3v) is 6.09. The van der Waals surface area contributed by atoms with E-state index in [-0.39, 0.29) is 59.7 Å². The molecule has 0 bridgehead atoms. The Hall–Kier alpha value is -0.460. The zero-order chi connectivity index (χ0) is 21.5. The molecule has 0 amide bonds. The first-order valence-corrected chi connectivity index (χ1v) is 10.3.